The molecule has 1 N–H and O–H groups in total. The molecule has 0 aliphatic carbocycles. The van der Waals surface area contributed by atoms with Gasteiger partial charge in [0, 0.05) is 5.75 Å². The predicted octanol–water partition coefficient (Wildman–Crippen LogP) is 1.86. The van der Waals surface area contributed by atoms with Crippen LogP contribution in [0, 0.1) is 0 Å². The lowest BCUT2D eigenvalue weighted by atomic mass is 10.2. The van der Waals surface area contributed by atoms with Gasteiger partial charge in [0.15, 0.2) is 21.3 Å². The molecule has 1 aromatic rings. The third-order valence-electron chi connectivity index (χ3n) is 2.56. The normalized spacial score (nSPS) is 11.2. The summed E-state index contributed by atoms with van der Waals surface area (Å²) >= 11 is 5.92. The molecule has 0 radical (unpaired) electrons. The van der Waals surface area contributed by atoms with Gasteiger partial charge in [-0.2, -0.15) is 0 Å². The Morgan fingerprint density at radius 1 is 1.40 bits per heavy atom. The first-order chi connectivity index (χ1) is 9.30. The molecule has 0 aliphatic rings. The second-order valence-electron chi connectivity index (χ2n) is 3.88. The van der Waals surface area contributed by atoms with Crippen LogP contribution in [0.2, 0.25) is 5.02 Å². The van der Waals surface area contributed by atoms with Crippen molar-refractivity contribution >= 4 is 27.4 Å². The summed E-state index contributed by atoms with van der Waals surface area (Å²) < 4.78 is 33.0. The van der Waals surface area contributed by atoms with E-state index in [4.69, 9.17) is 26.2 Å². The summed E-state index contributed by atoms with van der Waals surface area (Å²) in [6.45, 7) is 1.46. The standard InChI is InChI=1S/C12H15ClO6S/c1-3-20(16,17)5-4-19-11-9(13)6-8(12(14)15)7-10(11)18-2/h6-7H,3-5H2,1-2H3,(H,14,15). The highest BCUT2D eigenvalue weighted by Gasteiger charge is 2.16. The number of methoxy groups -OCH3 is 1. The summed E-state index contributed by atoms with van der Waals surface area (Å²) in [6.07, 6.45) is 0. The van der Waals surface area contributed by atoms with Gasteiger partial charge < -0.3 is 14.6 Å². The lowest BCUT2D eigenvalue weighted by Crippen LogP contribution is -2.16. The maximum atomic E-state index is 11.4. The minimum Gasteiger partial charge on any atom is -0.493 e. The van der Waals surface area contributed by atoms with Crippen molar-refractivity contribution in [3.63, 3.8) is 0 Å². The van der Waals surface area contributed by atoms with E-state index in [2.05, 4.69) is 0 Å². The molecule has 0 bridgehead atoms. The van der Waals surface area contributed by atoms with E-state index in [0.717, 1.165) is 0 Å². The summed E-state index contributed by atoms with van der Waals surface area (Å²) in [4.78, 5) is 10.9. The Kier molecular flexibility index (Phi) is 5.64. The molecule has 0 amide bonds. The Balaban J connectivity index is 2.92. The van der Waals surface area contributed by atoms with Crippen molar-refractivity contribution in [2.75, 3.05) is 25.2 Å². The quantitative estimate of drug-likeness (QED) is 0.824. The van der Waals surface area contributed by atoms with Gasteiger partial charge in [0.2, 0.25) is 0 Å². The fraction of sp³-hybridized carbons (Fsp3) is 0.417. The Hall–Kier alpha value is -1.47. The van der Waals surface area contributed by atoms with Gasteiger partial charge in [0.05, 0.1) is 23.4 Å². The molecule has 20 heavy (non-hydrogen) atoms. The molecule has 0 spiro atoms. The zero-order chi connectivity index (χ0) is 15.3. The van der Waals surface area contributed by atoms with Crippen molar-refractivity contribution in [1.29, 1.82) is 0 Å². The van der Waals surface area contributed by atoms with Gasteiger partial charge in [-0.05, 0) is 12.1 Å². The van der Waals surface area contributed by atoms with Crippen LogP contribution in [0.1, 0.15) is 17.3 Å². The summed E-state index contributed by atoms with van der Waals surface area (Å²) in [5, 5.41) is 8.95. The topological polar surface area (TPSA) is 89.9 Å². The van der Waals surface area contributed by atoms with Crippen molar-refractivity contribution < 1.29 is 27.8 Å². The average molecular weight is 323 g/mol. The molecule has 1 aromatic carbocycles. The molecular formula is C12H15ClO6S. The highest BCUT2D eigenvalue weighted by Crippen LogP contribution is 2.36. The number of carboxylic acids is 1. The molecule has 0 unspecified atom stereocenters. The van der Waals surface area contributed by atoms with Gasteiger partial charge in [-0.25, -0.2) is 13.2 Å². The van der Waals surface area contributed by atoms with Crippen LogP contribution in [0.4, 0.5) is 0 Å². The number of hydrogen-bond acceptors (Lipinski definition) is 5. The third kappa shape index (κ3) is 4.28. The number of benzene rings is 1. The molecule has 1 rings (SSSR count). The third-order valence-corrected chi connectivity index (χ3v) is 4.51. The van der Waals surface area contributed by atoms with Crippen LogP contribution in [0.5, 0.6) is 11.5 Å². The smallest absolute Gasteiger partial charge is 0.335 e. The van der Waals surface area contributed by atoms with E-state index >= 15 is 0 Å². The van der Waals surface area contributed by atoms with E-state index in [9.17, 15) is 13.2 Å². The van der Waals surface area contributed by atoms with Gasteiger partial charge >= 0.3 is 5.97 Å². The molecule has 0 aliphatic heterocycles. The second-order valence-corrected chi connectivity index (χ2v) is 6.76. The molecule has 0 saturated carbocycles. The number of halogens is 1. The van der Waals surface area contributed by atoms with Gasteiger partial charge in [0.1, 0.15) is 6.61 Å². The summed E-state index contributed by atoms with van der Waals surface area (Å²) in [7, 11) is -1.81. The number of hydrogen-bond donors (Lipinski definition) is 1. The first-order valence-electron chi connectivity index (χ1n) is 5.74. The van der Waals surface area contributed by atoms with Crippen LogP contribution in [0.3, 0.4) is 0 Å². The van der Waals surface area contributed by atoms with E-state index < -0.39 is 15.8 Å². The van der Waals surface area contributed by atoms with E-state index in [1.54, 1.807) is 6.92 Å². The maximum absolute atomic E-state index is 11.4. The average Bonchev–Trinajstić information content (AvgIpc) is 2.39. The van der Waals surface area contributed by atoms with Gasteiger partial charge in [0.25, 0.3) is 0 Å². The molecule has 6 nitrogen and oxygen atoms in total. The predicted molar refractivity (Wildman–Crippen MR) is 74.8 cm³/mol. The number of rotatable bonds is 7. The summed E-state index contributed by atoms with van der Waals surface area (Å²) in [5.41, 5.74) is -0.0413. The first-order valence-corrected chi connectivity index (χ1v) is 7.94. The zero-order valence-corrected chi connectivity index (χ0v) is 12.6. The second kappa shape index (κ2) is 6.81. The van der Waals surface area contributed by atoms with E-state index in [1.807, 2.05) is 0 Å². The number of ether oxygens (including phenoxy) is 2. The highest BCUT2D eigenvalue weighted by molar-refractivity contribution is 7.91. The van der Waals surface area contributed by atoms with Gasteiger partial charge in [-0.3, -0.25) is 0 Å². The highest BCUT2D eigenvalue weighted by atomic mass is 35.5. The van der Waals surface area contributed by atoms with E-state index in [-0.39, 0.29) is 40.2 Å². The Morgan fingerprint density at radius 2 is 2.05 bits per heavy atom. The Bertz CT molecular complexity index is 596. The van der Waals surface area contributed by atoms with Crippen LogP contribution in [-0.4, -0.2) is 44.7 Å². The van der Waals surface area contributed by atoms with E-state index in [1.165, 1.54) is 19.2 Å². The number of aromatic carboxylic acids is 1. The van der Waals surface area contributed by atoms with Gasteiger partial charge in [-0.1, -0.05) is 18.5 Å². The molecule has 112 valence electrons. The number of carbonyl (C=O) groups is 1. The lowest BCUT2D eigenvalue weighted by molar-refractivity contribution is 0.0696. The SMILES string of the molecule is CCS(=O)(=O)CCOc1c(Cl)cc(C(=O)O)cc1OC. The number of sulfone groups is 1. The fourth-order valence-electron chi connectivity index (χ4n) is 1.40. The molecule has 0 saturated heterocycles. The van der Waals surface area contributed by atoms with Crippen molar-refractivity contribution in [2.24, 2.45) is 0 Å². The summed E-state index contributed by atoms with van der Waals surface area (Å²) in [6, 6.07) is 2.48. The van der Waals surface area contributed by atoms with Crippen LogP contribution >= 0.6 is 11.6 Å². The van der Waals surface area contributed by atoms with Gasteiger partial charge in [-0.15, -0.1) is 0 Å². The zero-order valence-electron chi connectivity index (χ0n) is 11.1. The number of carboxylic acid groups (broad SMARTS) is 1. The Labute approximate surface area is 122 Å². The largest absolute Gasteiger partial charge is 0.493 e. The van der Waals surface area contributed by atoms with Crippen LogP contribution in [0.25, 0.3) is 0 Å². The molecular weight excluding hydrogens is 308 g/mol. The first kappa shape index (κ1) is 16.6. The minimum atomic E-state index is -3.15. The van der Waals surface area contributed by atoms with Crippen LogP contribution < -0.4 is 9.47 Å². The molecule has 0 aromatic heterocycles. The van der Waals surface area contributed by atoms with E-state index in [0.29, 0.717) is 0 Å². The molecule has 0 fully saturated rings. The molecule has 0 heterocycles. The summed E-state index contributed by atoms with van der Waals surface area (Å²) in [5.74, 6) is -0.998. The van der Waals surface area contributed by atoms with Crippen molar-refractivity contribution in [3.05, 3.63) is 22.7 Å². The Morgan fingerprint density at radius 3 is 2.55 bits per heavy atom. The van der Waals surface area contributed by atoms with Crippen molar-refractivity contribution in [2.45, 2.75) is 6.92 Å². The van der Waals surface area contributed by atoms with Crippen LogP contribution in [-0.2, 0) is 9.84 Å². The van der Waals surface area contributed by atoms with Crippen LogP contribution in [0.15, 0.2) is 12.1 Å². The fourth-order valence-corrected chi connectivity index (χ4v) is 2.29. The molecule has 8 heteroatoms. The monoisotopic (exact) mass is 322 g/mol. The van der Waals surface area contributed by atoms with Crippen molar-refractivity contribution in [1.82, 2.24) is 0 Å². The minimum absolute atomic E-state index is 0.0270. The van der Waals surface area contributed by atoms with Crippen molar-refractivity contribution in [3.8, 4) is 11.5 Å². The molecule has 0 atom stereocenters. The maximum Gasteiger partial charge on any atom is 0.335 e. The lowest BCUT2D eigenvalue weighted by Gasteiger charge is -2.13.